The maximum atomic E-state index is 2.47. The first-order chi connectivity index (χ1) is 23.8. The molecule has 0 radical (unpaired) electrons. The van der Waals surface area contributed by atoms with Crippen LogP contribution in [0.15, 0.2) is 176 Å². The van der Waals surface area contributed by atoms with Crippen molar-refractivity contribution in [3.63, 3.8) is 0 Å². The molecule has 1 nitrogen and oxygen atoms in total. The lowest BCUT2D eigenvalue weighted by Crippen LogP contribution is -2.10. The Balaban J connectivity index is 1.29. The second-order valence-electron chi connectivity index (χ2n) is 12.5. The molecule has 0 unspecified atom stereocenters. The fourth-order valence-electron chi connectivity index (χ4n) is 7.55. The molecule has 0 saturated heterocycles. The number of thiophene rings is 1. The van der Waals surface area contributed by atoms with Gasteiger partial charge in [-0.25, -0.2) is 0 Å². The lowest BCUT2D eigenvalue weighted by Gasteiger charge is -2.28. The van der Waals surface area contributed by atoms with Gasteiger partial charge in [0.2, 0.25) is 0 Å². The molecular formula is C46H29NS. The summed E-state index contributed by atoms with van der Waals surface area (Å²) in [5.74, 6) is 0. The molecule has 224 valence electrons. The molecule has 0 amide bonds. The third-order valence-electron chi connectivity index (χ3n) is 9.78. The third kappa shape index (κ3) is 4.24. The highest BCUT2D eigenvalue weighted by Gasteiger charge is 2.20. The van der Waals surface area contributed by atoms with Crippen LogP contribution in [-0.4, -0.2) is 0 Å². The zero-order chi connectivity index (χ0) is 31.6. The second kappa shape index (κ2) is 10.8. The van der Waals surface area contributed by atoms with Gasteiger partial charge in [-0.1, -0.05) is 140 Å². The molecular weight excluding hydrogens is 599 g/mol. The molecule has 1 aromatic heterocycles. The molecule has 0 aliphatic carbocycles. The Morgan fingerprint density at radius 1 is 0.354 bits per heavy atom. The van der Waals surface area contributed by atoms with E-state index >= 15 is 0 Å². The van der Waals surface area contributed by atoms with E-state index in [0.29, 0.717) is 0 Å². The van der Waals surface area contributed by atoms with Gasteiger partial charge in [0.15, 0.2) is 0 Å². The van der Waals surface area contributed by atoms with Crippen LogP contribution in [0.5, 0.6) is 0 Å². The zero-order valence-electron chi connectivity index (χ0n) is 26.1. The average molecular weight is 628 g/mol. The summed E-state index contributed by atoms with van der Waals surface area (Å²) in [6.07, 6.45) is 0. The van der Waals surface area contributed by atoms with E-state index in [2.05, 4.69) is 181 Å². The van der Waals surface area contributed by atoms with Crippen molar-refractivity contribution in [3.05, 3.63) is 176 Å². The van der Waals surface area contributed by atoms with Crippen LogP contribution in [0, 0.1) is 0 Å². The molecule has 0 N–H and O–H groups in total. The first-order valence-corrected chi connectivity index (χ1v) is 17.2. The van der Waals surface area contributed by atoms with Crippen LogP contribution in [0.2, 0.25) is 0 Å². The first kappa shape index (κ1) is 27.2. The van der Waals surface area contributed by atoms with Crippen molar-refractivity contribution in [1.82, 2.24) is 0 Å². The summed E-state index contributed by atoms with van der Waals surface area (Å²) in [6, 6.07) is 64.5. The predicted octanol–water partition coefficient (Wildman–Crippen LogP) is 13.8. The van der Waals surface area contributed by atoms with Gasteiger partial charge in [0.25, 0.3) is 0 Å². The lowest BCUT2D eigenvalue weighted by atomic mass is 9.94. The van der Waals surface area contributed by atoms with Gasteiger partial charge in [0.05, 0.1) is 5.69 Å². The van der Waals surface area contributed by atoms with E-state index in [-0.39, 0.29) is 0 Å². The lowest BCUT2D eigenvalue weighted by molar-refractivity contribution is 1.31. The fourth-order valence-corrected chi connectivity index (χ4v) is 8.77. The largest absolute Gasteiger partial charge is 0.310 e. The molecule has 1 heterocycles. The van der Waals surface area contributed by atoms with E-state index in [1.165, 1.54) is 80.1 Å². The Hall–Kier alpha value is -5.96. The van der Waals surface area contributed by atoms with Crippen LogP contribution >= 0.6 is 11.3 Å². The SMILES string of the molecule is c1ccc(-c2cccc(N(c3ccc4sc5c6ccccc6ccc5c4c3)c3cccc4ccc5ccc6ccccc6c5c34)c2)cc1. The Kier molecular flexibility index (Phi) is 6.12. The molecule has 0 atom stereocenters. The van der Waals surface area contributed by atoms with Gasteiger partial charge in [-0.05, 0) is 85.2 Å². The number of hydrogen-bond donors (Lipinski definition) is 0. The van der Waals surface area contributed by atoms with Gasteiger partial charge in [0.1, 0.15) is 0 Å². The van der Waals surface area contributed by atoms with Crippen molar-refractivity contribution in [2.24, 2.45) is 0 Å². The molecule has 0 bridgehead atoms. The molecule has 0 saturated carbocycles. The molecule has 0 fully saturated rings. The molecule has 0 spiro atoms. The van der Waals surface area contributed by atoms with Crippen LogP contribution in [0.1, 0.15) is 0 Å². The number of hydrogen-bond acceptors (Lipinski definition) is 2. The van der Waals surface area contributed by atoms with Crippen molar-refractivity contribution >= 4 is 91.7 Å². The van der Waals surface area contributed by atoms with Gasteiger partial charge in [-0.2, -0.15) is 0 Å². The Morgan fingerprint density at radius 2 is 0.979 bits per heavy atom. The van der Waals surface area contributed by atoms with E-state index in [1.54, 1.807) is 0 Å². The highest BCUT2D eigenvalue weighted by molar-refractivity contribution is 7.26. The fraction of sp³-hybridized carbons (Fsp3) is 0. The van der Waals surface area contributed by atoms with Crippen molar-refractivity contribution < 1.29 is 0 Å². The smallest absolute Gasteiger partial charge is 0.0546 e. The summed E-state index contributed by atoms with van der Waals surface area (Å²) in [5.41, 5.74) is 5.85. The van der Waals surface area contributed by atoms with Crippen LogP contribution in [0.3, 0.4) is 0 Å². The number of nitrogens with zero attached hydrogens (tertiary/aromatic N) is 1. The summed E-state index contributed by atoms with van der Waals surface area (Å²) in [4.78, 5) is 2.47. The number of anilines is 3. The molecule has 2 heteroatoms. The summed E-state index contributed by atoms with van der Waals surface area (Å²) in [5, 5.41) is 12.8. The van der Waals surface area contributed by atoms with Crippen LogP contribution in [0.4, 0.5) is 17.1 Å². The highest BCUT2D eigenvalue weighted by Crippen LogP contribution is 2.46. The molecule has 10 aromatic rings. The van der Waals surface area contributed by atoms with Crippen molar-refractivity contribution in [1.29, 1.82) is 0 Å². The molecule has 9 aromatic carbocycles. The van der Waals surface area contributed by atoms with Crippen LogP contribution < -0.4 is 4.90 Å². The van der Waals surface area contributed by atoms with Crippen LogP contribution in [0.25, 0.3) is 74.4 Å². The minimum atomic E-state index is 1.13. The number of fused-ring (bicyclic) bond motifs is 10. The van der Waals surface area contributed by atoms with Gasteiger partial charge >= 0.3 is 0 Å². The van der Waals surface area contributed by atoms with E-state index < -0.39 is 0 Å². The molecule has 0 aliphatic rings. The summed E-state index contributed by atoms with van der Waals surface area (Å²) in [7, 11) is 0. The van der Waals surface area contributed by atoms with Crippen LogP contribution in [-0.2, 0) is 0 Å². The Labute approximate surface area is 282 Å². The number of benzene rings is 9. The first-order valence-electron chi connectivity index (χ1n) is 16.4. The molecule has 48 heavy (non-hydrogen) atoms. The summed E-state index contributed by atoms with van der Waals surface area (Å²) >= 11 is 1.89. The normalized spacial score (nSPS) is 11.8. The maximum absolute atomic E-state index is 2.47. The van der Waals surface area contributed by atoms with Crippen molar-refractivity contribution in [2.75, 3.05) is 4.90 Å². The van der Waals surface area contributed by atoms with Gasteiger partial charge in [-0.15, -0.1) is 11.3 Å². The topological polar surface area (TPSA) is 3.24 Å². The second-order valence-corrected chi connectivity index (χ2v) is 13.6. The number of rotatable bonds is 4. The zero-order valence-corrected chi connectivity index (χ0v) is 26.9. The predicted molar refractivity (Wildman–Crippen MR) is 209 cm³/mol. The van der Waals surface area contributed by atoms with Crippen molar-refractivity contribution in [2.45, 2.75) is 0 Å². The van der Waals surface area contributed by atoms with Gasteiger partial charge in [-0.3, -0.25) is 0 Å². The molecule has 10 rings (SSSR count). The Bertz CT molecular complexity index is 2840. The summed E-state index contributed by atoms with van der Waals surface area (Å²) in [6.45, 7) is 0. The monoisotopic (exact) mass is 627 g/mol. The van der Waals surface area contributed by atoms with Crippen molar-refractivity contribution in [3.8, 4) is 11.1 Å². The molecule has 0 aliphatic heterocycles. The van der Waals surface area contributed by atoms with E-state index in [0.717, 1.165) is 11.4 Å². The Morgan fingerprint density at radius 3 is 1.83 bits per heavy atom. The van der Waals surface area contributed by atoms with Gasteiger partial charge in [0, 0.05) is 36.9 Å². The standard InChI is InChI=1S/C46H29NS/c1-2-10-30(11-3-1)35-15-8-16-36(28-35)47(37-25-27-43-41(29-37)40-26-24-32-13-5-7-18-39(32)46(40)48-43)42-19-9-14-33-22-23-34-21-20-31-12-4-6-17-38(31)44(34)45(33)42/h1-29H. The van der Waals surface area contributed by atoms with Gasteiger partial charge < -0.3 is 4.90 Å². The third-order valence-corrected chi connectivity index (χ3v) is 11.0. The summed E-state index contributed by atoms with van der Waals surface area (Å²) < 4.78 is 2.65. The van der Waals surface area contributed by atoms with E-state index in [9.17, 15) is 0 Å². The average Bonchev–Trinajstić information content (AvgIpc) is 3.54. The maximum Gasteiger partial charge on any atom is 0.0546 e. The quantitative estimate of drug-likeness (QED) is 0.176. The minimum absolute atomic E-state index is 1.13. The van der Waals surface area contributed by atoms with E-state index in [4.69, 9.17) is 0 Å². The highest BCUT2D eigenvalue weighted by atomic mass is 32.1. The van der Waals surface area contributed by atoms with E-state index in [1.807, 2.05) is 11.3 Å². The minimum Gasteiger partial charge on any atom is -0.310 e.